The Labute approximate surface area is 93.7 Å². The standard InChI is InChI=1S/C8H10O6S2/c1-7(15(9,10)11)14-16(12,13)8-5-3-2-4-6-8/h2-7H,1H3,(H,9,10,11)/t7-/m1/s1. The van der Waals surface area contributed by atoms with Crippen LogP contribution in [-0.2, 0) is 24.4 Å². The number of benzene rings is 1. The van der Waals surface area contributed by atoms with Gasteiger partial charge in [0.1, 0.15) is 0 Å². The quantitative estimate of drug-likeness (QED) is 0.634. The molecular weight excluding hydrogens is 256 g/mol. The van der Waals surface area contributed by atoms with Gasteiger partial charge >= 0.3 is 0 Å². The van der Waals surface area contributed by atoms with Gasteiger partial charge < -0.3 is 0 Å². The molecule has 0 radical (unpaired) electrons. The van der Waals surface area contributed by atoms with Gasteiger partial charge in [-0.15, -0.1) is 0 Å². The average molecular weight is 266 g/mol. The molecule has 0 amide bonds. The van der Waals surface area contributed by atoms with Crippen LogP contribution in [0.25, 0.3) is 0 Å². The van der Waals surface area contributed by atoms with E-state index in [-0.39, 0.29) is 4.90 Å². The second-order valence-corrected chi connectivity index (χ2v) is 6.21. The van der Waals surface area contributed by atoms with E-state index in [1.165, 1.54) is 24.3 Å². The Morgan fingerprint density at radius 3 is 2.06 bits per heavy atom. The van der Waals surface area contributed by atoms with Crippen LogP contribution in [0.5, 0.6) is 0 Å². The Kier molecular flexibility index (Phi) is 3.68. The maximum absolute atomic E-state index is 11.5. The van der Waals surface area contributed by atoms with Gasteiger partial charge in [0, 0.05) is 0 Å². The van der Waals surface area contributed by atoms with Crippen molar-refractivity contribution in [1.29, 1.82) is 0 Å². The maximum atomic E-state index is 11.5. The van der Waals surface area contributed by atoms with Crippen LogP contribution in [0.4, 0.5) is 0 Å². The van der Waals surface area contributed by atoms with Crippen molar-refractivity contribution < 1.29 is 25.6 Å². The molecule has 1 N–H and O–H groups in total. The lowest BCUT2D eigenvalue weighted by atomic mass is 10.4. The highest BCUT2D eigenvalue weighted by Gasteiger charge is 2.26. The van der Waals surface area contributed by atoms with Crippen LogP contribution in [0, 0.1) is 0 Å². The first kappa shape index (κ1) is 13.1. The molecule has 6 nitrogen and oxygen atoms in total. The molecule has 90 valence electrons. The first-order valence-electron chi connectivity index (χ1n) is 4.18. The zero-order valence-corrected chi connectivity index (χ0v) is 9.90. The first-order valence-corrected chi connectivity index (χ1v) is 7.09. The van der Waals surface area contributed by atoms with Gasteiger partial charge in [0.05, 0.1) is 4.90 Å². The molecule has 0 heterocycles. The van der Waals surface area contributed by atoms with Gasteiger partial charge in [-0.3, -0.25) is 4.55 Å². The summed E-state index contributed by atoms with van der Waals surface area (Å²) in [4.78, 5) is -0.175. The van der Waals surface area contributed by atoms with E-state index in [0.29, 0.717) is 0 Å². The second-order valence-electron chi connectivity index (χ2n) is 2.95. The van der Waals surface area contributed by atoms with Crippen molar-refractivity contribution in [2.75, 3.05) is 0 Å². The second kappa shape index (κ2) is 4.50. The number of hydrogen-bond donors (Lipinski definition) is 1. The monoisotopic (exact) mass is 266 g/mol. The smallest absolute Gasteiger partial charge is 0.284 e. The SMILES string of the molecule is C[C@H](OS(=O)(=O)c1ccccc1)S(=O)(=O)O. The largest absolute Gasteiger partial charge is 0.298 e. The molecule has 1 rings (SSSR count). The van der Waals surface area contributed by atoms with Crippen molar-refractivity contribution in [2.24, 2.45) is 0 Å². The molecule has 1 aromatic rings. The zero-order chi connectivity index (χ0) is 12.4. The highest BCUT2D eigenvalue weighted by atomic mass is 32.2. The van der Waals surface area contributed by atoms with Crippen molar-refractivity contribution >= 4 is 20.2 Å². The third kappa shape index (κ3) is 3.27. The molecule has 0 fully saturated rings. The molecule has 0 aliphatic heterocycles. The first-order chi connectivity index (χ1) is 7.23. The van der Waals surface area contributed by atoms with Crippen LogP contribution in [0.3, 0.4) is 0 Å². The minimum absolute atomic E-state index is 0.175. The molecule has 8 heteroatoms. The maximum Gasteiger partial charge on any atom is 0.298 e. The van der Waals surface area contributed by atoms with Crippen LogP contribution in [0.1, 0.15) is 6.92 Å². The van der Waals surface area contributed by atoms with Gasteiger partial charge in [-0.1, -0.05) is 18.2 Å². The summed E-state index contributed by atoms with van der Waals surface area (Å²) in [5, 5.41) is 0. The molecule has 0 unspecified atom stereocenters. The average Bonchev–Trinajstić information content (AvgIpc) is 2.17. The summed E-state index contributed by atoms with van der Waals surface area (Å²) < 4.78 is 57.1. The molecule has 16 heavy (non-hydrogen) atoms. The zero-order valence-electron chi connectivity index (χ0n) is 8.27. The molecule has 0 bridgehead atoms. The summed E-state index contributed by atoms with van der Waals surface area (Å²) in [6.07, 6.45) is 0. The van der Waals surface area contributed by atoms with E-state index >= 15 is 0 Å². The van der Waals surface area contributed by atoms with E-state index in [4.69, 9.17) is 4.55 Å². The minimum Gasteiger partial charge on any atom is -0.284 e. The Balaban J connectivity index is 2.99. The van der Waals surface area contributed by atoms with Crippen molar-refractivity contribution in [1.82, 2.24) is 0 Å². The highest BCUT2D eigenvalue weighted by Crippen LogP contribution is 2.15. The van der Waals surface area contributed by atoms with Crippen LogP contribution in [-0.4, -0.2) is 26.8 Å². The lowest BCUT2D eigenvalue weighted by molar-refractivity contribution is 0.278. The number of hydrogen-bond acceptors (Lipinski definition) is 5. The van der Waals surface area contributed by atoms with Gasteiger partial charge in [0.25, 0.3) is 20.2 Å². The van der Waals surface area contributed by atoms with E-state index in [1.807, 2.05) is 0 Å². The van der Waals surface area contributed by atoms with Crippen molar-refractivity contribution in [2.45, 2.75) is 17.3 Å². The van der Waals surface area contributed by atoms with E-state index in [1.54, 1.807) is 6.07 Å². The minimum atomic E-state index is -4.55. The Hall–Kier alpha value is -0.960. The summed E-state index contributed by atoms with van der Waals surface area (Å²) in [6, 6.07) is 7.05. The highest BCUT2D eigenvalue weighted by molar-refractivity contribution is 7.89. The van der Waals surface area contributed by atoms with Crippen LogP contribution >= 0.6 is 0 Å². The lowest BCUT2D eigenvalue weighted by Crippen LogP contribution is -2.23. The molecule has 0 spiro atoms. The summed E-state index contributed by atoms with van der Waals surface area (Å²) in [7, 11) is -8.73. The molecule has 0 aliphatic carbocycles. The van der Waals surface area contributed by atoms with E-state index in [9.17, 15) is 16.8 Å². The normalized spacial score (nSPS) is 14.6. The summed E-state index contributed by atoms with van der Waals surface area (Å²) in [5.41, 5.74) is -1.84. The van der Waals surface area contributed by atoms with Gasteiger partial charge in [0.2, 0.25) is 5.44 Å². The predicted molar refractivity (Wildman–Crippen MR) is 55.7 cm³/mol. The topological polar surface area (TPSA) is 97.7 Å². The van der Waals surface area contributed by atoms with E-state index in [0.717, 1.165) is 6.92 Å². The third-order valence-electron chi connectivity index (χ3n) is 1.71. The van der Waals surface area contributed by atoms with Gasteiger partial charge in [-0.05, 0) is 19.1 Å². The Bertz CT molecular complexity index is 545. The lowest BCUT2D eigenvalue weighted by Gasteiger charge is -2.09. The van der Waals surface area contributed by atoms with Gasteiger partial charge in [-0.2, -0.15) is 16.8 Å². The van der Waals surface area contributed by atoms with E-state index < -0.39 is 25.7 Å². The van der Waals surface area contributed by atoms with Crippen LogP contribution in [0.2, 0.25) is 0 Å². The van der Waals surface area contributed by atoms with Crippen LogP contribution in [0.15, 0.2) is 35.2 Å². The van der Waals surface area contributed by atoms with E-state index in [2.05, 4.69) is 4.18 Å². The fourth-order valence-corrected chi connectivity index (χ4v) is 2.54. The molecule has 1 aromatic carbocycles. The van der Waals surface area contributed by atoms with Crippen molar-refractivity contribution in [3.63, 3.8) is 0 Å². The molecule has 1 atom stereocenters. The fraction of sp³-hybridized carbons (Fsp3) is 0.250. The fourth-order valence-electron chi connectivity index (χ4n) is 0.871. The summed E-state index contributed by atoms with van der Waals surface area (Å²) >= 11 is 0. The van der Waals surface area contributed by atoms with Crippen molar-refractivity contribution in [3.8, 4) is 0 Å². The summed E-state index contributed by atoms with van der Waals surface area (Å²) in [6.45, 7) is 0.926. The van der Waals surface area contributed by atoms with Crippen molar-refractivity contribution in [3.05, 3.63) is 30.3 Å². The molecule has 0 aromatic heterocycles. The molecule has 0 saturated carbocycles. The Morgan fingerprint density at radius 2 is 1.62 bits per heavy atom. The summed E-state index contributed by atoms with van der Waals surface area (Å²) in [5.74, 6) is 0. The van der Waals surface area contributed by atoms with Crippen LogP contribution < -0.4 is 0 Å². The molecular formula is C8H10O6S2. The third-order valence-corrected chi connectivity index (χ3v) is 4.16. The molecule has 0 aliphatic rings. The van der Waals surface area contributed by atoms with Gasteiger partial charge in [-0.25, -0.2) is 4.18 Å². The van der Waals surface area contributed by atoms with Gasteiger partial charge in [0.15, 0.2) is 0 Å². The Morgan fingerprint density at radius 1 is 1.12 bits per heavy atom. The number of rotatable bonds is 4. The predicted octanol–water partition coefficient (Wildman–Crippen LogP) is 0.626. The molecule has 0 saturated heterocycles.